The minimum atomic E-state index is -1.15. The SMILES string of the molecule is CC(=O)c1sc(NCCCCCCC(C)C)nc1C(=O)O. The molecule has 0 unspecified atom stereocenters. The van der Waals surface area contributed by atoms with Crippen LogP contribution >= 0.6 is 11.3 Å². The lowest BCUT2D eigenvalue weighted by molar-refractivity contribution is 0.0687. The Balaban J connectivity index is 2.34. The molecule has 0 aromatic carbocycles. The molecule has 1 heterocycles. The molecular weight excluding hydrogens is 288 g/mol. The summed E-state index contributed by atoms with van der Waals surface area (Å²) in [7, 11) is 0. The van der Waals surface area contributed by atoms with E-state index < -0.39 is 5.97 Å². The summed E-state index contributed by atoms with van der Waals surface area (Å²) in [6.45, 7) is 6.58. The number of hydrogen-bond acceptors (Lipinski definition) is 5. The summed E-state index contributed by atoms with van der Waals surface area (Å²) in [5.74, 6) is -0.650. The Morgan fingerprint density at radius 1 is 1.24 bits per heavy atom. The van der Waals surface area contributed by atoms with Gasteiger partial charge in [0.25, 0.3) is 0 Å². The molecule has 0 saturated heterocycles. The van der Waals surface area contributed by atoms with Crippen LogP contribution in [0.2, 0.25) is 0 Å². The first-order valence-corrected chi connectivity index (χ1v) is 8.22. The number of aromatic carboxylic acids is 1. The van der Waals surface area contributed by atoms with Gasteiger partial charge in [-0.25, -0.2) is 9.78 Å². The summed E-state index contributed by atoms with van der Waals surface area (Å²) in [5.41, 5.74) is -0.146. The van der Waals surface area contributed by atoms with Crippen molar-refractivity contribution in [3.8, 4) is 0 Å². The summed E-state index contributed by atoms with van der Waals surface area (Å²) in [6.07, 6.45) is 5.92. The molecule has 0 saturated carbocycles. The zero-order valence-electron chi connectivity index (χ0n) is 12.9. The smallest absolute Gasteiger partial charge is 0.356 e. The number of anilines is 1. The van der Waals surface area contributed by atoms with E-state index >= 15 is 0 Å². The number of thiazole rings is 1. The van der Waals surface area contributed by atoms with Gasteiger partial charge in [-0.1, -0.05) is 50.9 Å². The maximum Gasteiger partial charge on any atom is 0.356 e. The van der Waals surface area contributed by atoms with Crippen molar-refractivity contribution < 1.29 is 14.7 Å². The summed E-state index contributed by atoms with van der Waals surface area (Å²) in [6, 6.07) is 0. The molecule has 0 spiro atoms. The first-order chi connectivity index (χ1) is 9.91. The molecule has 1 rings (SSSR count). The molecule has 1 aromatic heterocycles. The van der Waals surface area contributed by atoms with Gasteiger partial charge < -0.3 is 10.4 Å². The molecule has 2 N–H and O–H groups in total. The van der Waals surface area contributed by atoms with Gasteiger partial charge in [0.15, 0.2) is 16.6 Å². The molecule has 0 atom stereocenters. The molecule has 1 aromatic rings. The van der Waals surface area contributed by atoms with E-state index in [1.807, 2.05) is 0 Å². The average molecular weight is 312 g/mol. The lowest BCUT2D eigenvalue weighted by Crippen LogP contribution is -2.04. The minimum absolute atomic E-state index is 0.146. The van der Waals surface area contributed by atoms with E-state index in [2.05, 4.69) is 24.1 Å². The van der Waals surface area contributed by atoms with Crippen LogP contribution in [0.5, 0.6) is 0 Å². The van der Waals surface area contributed by atoms with Crippen molar-refractivity contribution in [2.45, 2.75) is 52.9 Å². The van der Waals surface area contributed by atoms with Gasteiger partial charge in [-0.3, -0.25) is 4.79 Å². The number of ketones is 1. The Hall–Kier alpha value is -1.43. The number of rotatable bonds is 10. The Morgan fingerprint density at radius 3 is 2.43 bits per heavy atom. The molecule has 0 amide bonds. The van der Waals surface area contributed by atoms with Crippen molar-refractivity contribution >= 4 is 28.2 Å². The number of nitrogens with zero attached hydrogens (tertiary/aromatic N) is 1. The third kappa shape index (κ3) is 6.25. The first-order valence-electron chi connectivity index (χ1n) is 7.40. The highest BCUT2D eigenvalue weighted by Crippen LogP contribution is 2.23. The Labute approximate surface area is 129 Å². The Bertz CT molecular complexity index is 452. The van der Waals surface area contributed by atoms with Crippen LogP contribution < -0.4 is 5.32 Å². The van der Waals surface area contributed by atoms with Gasteiger partial charge in [-0.2, -0.15) is 0 Å². The number of carboxylic acids is 1. The summed E-state index contributed by atoms with van der Waals surface area (Å²) < 4.78 is 0. The van der Waals surface area contributed by atoms with E-state index in [1.165, 1.54) is 26.2 Å². The second-order valence-electron chi connectivity index (χ2n) is 5.58. The molecule has 0 aliphatic carbocycles. The fourth-order valence-electron chi connectivity index (χ4n) is 2.01. The van der Waals surface area contributed by atoms with Crippen LogP contribution in [0.15, 0.2) is 0 Å². The highest BCUT2D eigenvalue weighted by Gasteiger charge is 2.20. The number of carbonyl (C=O) groups is 2. The Morgan fingerprint density at radius 2 is 1.90 bits per heavy atom. The highest BCUT2D eigenvalue weighted by molar-refractivity contribution is 7.17. The third-order valence-corrected chi connectivity index (χ3v) is 4.25. The van der Waals surface area contributed by atoms with E-state index in [9.17, 15) is 9.59 Å². The van der Waals surface area contributed by atoms with E-state index in [0.29, 0.717) is 5.13 Å². The Kier molecular flexibility index (Phi) is 7.36. The molecule has 21 heavy (non-hydrogen) atoms. The second-order valence-corrected chi connectivity index (χ2v) is 6.58. The number of unbranched alkanes of at least 4 members (excludes halogenated alkanes) is 3. The first kappa shape index (κ1) is 17.6. The van der Waals surface area contributed by atoms with Gasteiger partial charge in [0.1, 0.15) is 4.88 Å². The van der Waals surface area contributed by atoms with Crippen molar-refractivity contribution in [1.29, 1.82) is 0 Å². The van der Waals surface area contributed by atoms with Crippen molar-refractivity contribution in [3.63, 3.8) is 0 Å². The van der Waals surface area contributed by atoms with E-state index in [4.69, 9.17) is 5.11 Å². The average Bonchev–Trinajstić information content (AvgIpc) is 2.82. The predicted molar refractivity (Wildman–Crippen MR) is 85.5 cm³/mol. The third-order valence-electron chi connectivity index (χ3n) is 3.13. The highest BCUT2D eigenvalue weighted by atomic mass is 32.1. The van der Waals surface area contributed by atoms with E-state index in [-0.39, 0.29) is 16.4 Å². The zero-order chi connectivity index (χ0) is 15.8. The predicted octanol–water partition coefficient (Wildman–Crippen LogP) is 4.06. The maximum atomic E-state index is 11.4. The number of Topliss-reactive ketones (excluding diaryl/α,β-unsaturated/α-hetero) is 1. The molecule has 0 radical (unpaired) electrons. The van der Waals surface area contributed by atoms with Crippen LogP contribution in [-0.2, 0) is 0 Å². The number of hydrogen-bond donors (Lipinski definition) is 2. The molecule has 0 aliphatic rings. The van der Waals surface area contributed by atoms with Crippen LogP contribution in [-0.4, -0.2) is 28.4 Å². The standard InChI is InChI=1S/C15H24N2O3S/c1-10(2)8-6-4-5-7-9-16-15-17-12(14(19)20)13(21-15)11(3)18/h10H,4-9H2,1-3H3,(H,16,17)(H,19,20). The van der Waals surface area contributed by atoms with Crippen molar-refractivity contribution in [2.75, 3.05) is 11.9 Å². The van der Waals surface area contributed by atoms with Gasteiger partial charge in [0, 0.05) is 13.5 Å². The fourth-order valence-corrected chi connectivity index (χ4v) is 2.88. The normalized spacial score (nSPS) is 10.9. The van der Waals surface area contributed by atoms with Crippen LogP contribution in [0, 0.1) is 5.92 Å². The van der Waals surface area contributed by atoms with Crippen LogP contribution in [0.1, 0.15) is 73.0 Å². The van der Waals surface area contributed by atoms with Crippen molar-refractivity contribution in [2.24, 2.45) is 5.92 Å². The monoisotopic (exact) mass is 312 g/mol. The van der Waals surface area contributed by atoms with Gasteiger partial charge >= 0.3 is 5.97 Å². The van der Waals surface area contributed by atoms with Crippen molar-refractivity contribution in [1.82, 2.24) is 4.98 Å². The summed E-state index contributed by atoms with van der Waals surface area (Å²) in [4.78, 5) is 26.6. The maximum absolute atomic E-state index is 11.4. The lowest BCUT2D eigenvalue weighted by Gasteiger charge is -2.04. The number of carboxylic acid groups (broad SMARTS) is 1. The van der Waals surface area contributed by atoms with Gasteiger partial charge in [-0.15, -0.1) is 0 Å². The van der Waals surface area contributed by atoms with Crippen LogP contribution in [0.4, 0.5) is 5.13 Å². The molecule has 0 fully saturated rings. The van der Waals surface area contributed by atoms with Crippen LogP contribution in [0.25, 0.3) is 0 Å². The minimum Gasteiger partial charge on any atom is -0.476 e. The van der Waals surface area contributed by atoms with E-state index in [0.717, 1.165) is 36.6 Å². The molecule has 118 valence electrons. The summed E-state index contributed by atoms with van der Waals surface area (Å²) in [5, 5.41) is 12.6. The number of carbonyl (C=O) groups excluding carboxylic acids is 1. The molecular formula is C15H24N2O3S. The quantitative estimate of drug-likeness (QED) is 0.503. The largest absolute Gasteiger partial charge is 0.476 e. The van der Waals surface area contributed by atoms with Crippen LogP contribution in [0.3, 0.4) is 0 Å². The molecule has 0 aliphatic heterocycles. The number of aromatic nitrogens is 1. The topological polar surface area (TPSA) is 79.3 Å². The molecule has 6 heteroatoms. The lowest BCUT2D eigenvalue weighted by atomic mass is 10.0. The van der Waals surface area contributed by atoms with Gasteiger partial charge in [0.05, 0.1) is 0 Å². The van der Waals surface area contributed by atoms with Crippen molar-refractivity contribution in [3.05, 3.63) is 10.6 Å². The molecule has 5 nitrogen and oxygen atoms in total. The zero-order valence-corrected chi connectivity index (χ0v) is 13.8. The van der Waals surface area contributed by atoms with E-state index in [1.54, 1.807) is 0 Å². The summed E-state index contributed by atoms with van der Waals surface area (Å²) >= 11 is 1.12. The molecule has 0 bridgehead atoms. The fraction of sp³-hybridized carbons (Fsp3) is 0.667. The van der Waals surface area contributed by atoms with Gasteiger partial charge in [0.2, 0.25) is 0 Å². The van der Waals surface area contributed by atoms with Gasteiger partial charge in [-0.05, 0) is 12.3 Å². The number of nitrogens with one attached hydrogen (secondary N) is 1. The second kappa shape index (κ2) is 8.77.